The van der Waals surface area contributed by atoms with E-state index in [9.17, 15) is 4.79 Å². The fourth-order valence-corrected chi connectivity index (χ4v) is 2.41. The number of carbonyl (C=O) groups is 1. The molecule has 2 rings (SSSR count). The molecule has 0 bridgehead atoms. The molecule has 0 heterocycles. The average Bonchev–Trinajstić information content (AvgIpc) is 2.85. The van der Waals surface area contributed by atoms with Crippen molar-refractivity contribution in [2.24, 2.45) is 5.92 Å². The minimum atomic E-state index is -0.229. The number of benzene rings is 1. The first-order valence-electron chi connectivity index (χ1n) is 6.29. The Morgan fingerprint density at radius 1 is 1.53 bits per heavy atom. The van der Waals surface area contributed by atoms with Gasteiger partial charge in [0, 0.05) is 17.8 Å². The van der Waals surface area contributed by atoms with Gasteiger partial charge in [-0.25, -0.2) is 0 Å². The highest BCUT2D eigenvalue weighted by molar-refractivity contribution is 5.99. The normalized spacial score (nSPS) is 21.7. The number of nitriles is 1. The number of hydrogen-bond donors (Lipinski definition) is 2. The van der Waals surface area contributed by atoms with Gasteiger partial charge in [0.25, 0.3) is 5.91 Å². The van der Waals surface area contributed by atoms with E-state index in [-0.39, 0.29) is 17.9 Å². The topological polar surface area (TPSA) is 88.1 Å². The molecular formula is C14H17N3O2. The van der Waals surface area contributed by atoms with Crippen molar-refractivity contribution in [3.8, 4) is 11.8 Å². The van der Waals surface area contributed by atoms with Crippen LogP contribution in [0.2, 0.25) is 0 Å². The lowest BCUT2D eigenvalue weighted by molar-refractivity contribution is 0.0933. The van der Waals surface area contributed by atoms with Crippen LogP contribution < -0.4 is 15.8 Å². The number of carbonyl (C=O) groups excluding carboxylic acids is 1. The van der Waals surface area contributed by atoms with E-state index < -0.39 is 0 Å². The van der Waals surface area contributed by atoms with Crippen molar-refractivity contribution in [2.75, 3.05) is 12.8 Å². The Labute approximate surface area is 112 Å². The summed E-state index contributed by atoms with van der Waals surface area (Å²) >= 11 is 0. The smallest absolute Gasteiger partial charge is 0.253 e. The number of rotatable bonds is 3. The summed E-state index contributed by atoms with van der Waals surface area (Å²) in [5.41, 5.74) is 6.63. The summed E-state index contributed by atoms with van der Waals surface area (Å²) in [6, 6.07) is 7.12. The molecule has 100 valence electrons. The molecule has 5 nitrogen and oxygen atoms in total. The third-order valence-electron chi connectivity index (χ3n) is 3.50. The molecule has 0 aliphatic heterocycles. The van der Waals surface area contributed by atoms with Crippen molar-refractivity contribution in [1.82, 2.24) is 5.32 Å². The Balaban J connectivity index is 2.10. The van der Waals surface area contributed by atoms with Crippen molar-refractivity contribution in [3.63, 3.8) is 0 Å². The molecule has 1 aliphatic carbocycles. The Morgan fingerprint density at radius 2 is 2.32 bits per heavy atom. The Bertz CT molecular complexity index is 522. The first-order chi connectivity index (χ1) is 9.15. The number of methoxy groups -OCH3 is 1. The van der Waals surface area contributed by atoms with Crippen LogP contribution in [-0.4, -0.2) is 19.1 Å². The van der Waals surface area contributed by atoms with E-state index in [1.807, 2.05) is 0 Å². The minimum absolute atomic E-state index is 0.0704. The lowest BCUT2D eigenvalue weighted by Crippen LogP contribution is -2.37. The molecule has 1 aromatic rings. The van der Waals surface area contributed by atoms with E-state index in [1.165, 1.54) is 0 Å². The van der Waals surface area contributed by atoms with Crippen LogP contribution in [-0.2, 0) is 0 Å². The van der Waals surface area contributed by atoms with Crippen LogP contribution in [0.5, 0.6) is 5.75 Å². The highest BCUT2D eigenvalue weighted by Gasteiger charge is 2.29. The van der Waals surface area contributed by atoms with Crippen LogP contribution in [0.1, 0.15) is 29.6 Å². The fourth-order valence-electron chi connectivity index (χ4n) is 2.41. The lowest BCUT2D eigenvalue weighted by Gasteiger charge is -2.16. The van der Waals surface area contributed by atoms with E-state index >= 15 is 0 Å². The second kappa shape index (κ2) is 5.61. The third kappa shape index (κ3) is 2.79. The number of hydrogen-bond acceptors (Lipinski definition) is 4. The van der Waals surface area contributed by atoms with Gasteiger partial charge >= 0.3 is 0 Å². The summed E-state index contributed by atoms with van der Waals surface area (Å²) in [7, 11) is 1.55. The van der Waals surface area contributed by atoms with Gasteiger partial charge in [-0.05, 0) is 31.4 Å². The molecule has 0 spiro atoms. The molecule has 19 heavy (non-hydrogen) atoms. The molecule has 0 saturated heterocycles. The Kier molecular flexibility index (Phi) is 3.91. The number of ether oxygens (including phenoxy) is 1. The summed E-state index contributed by atoms with van der Waals surface area (Å²) in [4.78, 5) is 12.1. The van der Waals surface area contributed by atoms with Gasteiger partial charge in [-0.3, -0.25) is 4.79 Å². The molecule has 3 N–H and O–H groups in total. The highest BCUT2D eigenvalue weighted by Crippen LogP contribution is 2.26. The van der Waals surface area contributed by atoms with Crippen LogP contribution in [0.15, 0.2) is 18.2 Å². The van der Waals surface area contributed by atoms with Crippen LogP contribution in [0, 0.1) is 17.2 Å². The zero-order valence-electron chi connectivity index (χ0n) is 10.8. The van der Waals surface area contributed by atoms with E-state index in [2.05, 4.69) is 11.4 Å². The predicted octanol–water partition coefficient (Wildman–Crippen LogP) is 1.70. The summed E-state index contributed by atoms with van der Waals surface area (Å²) < 4.78 is 5.04. The molecule has 1 aliphatic rings. The number of anilines is 1. The van der Waals surface area contributed by atoms with E-state index in [0.717, 1.165) is 19.3 Å². The number of amides is 1. The maximum atomic E-state index is 12.1. The maximum Gasteiger partial charge on any atom is 0.253 e. The van der Waals surface area contributed by atoms with Gasteiger partial charge in [0.1, 0.15) is 5.75 Å². The van der Waals surface area contributed by atoms with Crippen LogP contribution in [0.3, 0.4) is 0 Å². The second-order valence-corrected chi connectivity index (χ2v) is 4.70. The quantitative estimate of drug-likeness (QED) is 0.809. The zero-order valence-corrected chi connectivity index (χ0v) is 10.8. The van der Waals surface area contributed by atoms with Crippen molar-refractivity contribution in [2.45, 2.75) is 25.3 Å². The van der Waals surface area contributed by atoms with Crippen LogP contribution in [0.4, 0.5) is 5.69 Å². The fraction of sp³-hybridized carbons (Fsp3) is 0.429. The van der Waals surface area contributed by atoms with Crippen molar-refractivity contribution in [3.05, 3.63) is 23.8 Å². The molecule has 2 atom stereocenters. The number of nitrogens with one attached hydrogen (secondary N) is 1. The molecule has 0 aromatic heterocycles. The Hall–Kier alpha value is -2.22. The molecule has 0 radical (unpaired) electrons. The number of nitrogens with two attached hydrogens (primary N) is 1. The molecule has 5 heteroatoms. The zero-order chi connectivity index (χ0) is 13.8. The second-order valence-electron chi connectivity index (χ2n) is 4.70. The lowest BCUT2D eigenvalue weighted by atomic mass is 10.0. The van der Waals surface area contributed by atoms with Gasteiger partial charge in [0.05, 0.1) is 24.7 Å². The van der Waals surface area contributed by atoms with Crippen molar-refractivity contribution >= 4 is 11.6 Å². The third-order valence-corrected chi connectivity index (χ3v) is 3.50. The average molecular weight is 259 g/mol. The van der Waals surface area contributed by atoms with E-state index in [4.69, 9.17) is 15.7 Å². The number of nitrogens with zero attached hydrogens (tertiary/aromatic N) is 1. The van der Waals surface area contributed by atoms with Gasteiger partial charge in [-0.1, -0.05) is 0 Å². The van der Waals surface area contributed by atoms with Crippen LogP contribution in [0.25, 0.3) is 0 Å². The summed E-state index contributed by atoms with van der Waals surface area (Å²) in [5.74, 6) is 0.292. The predicted molar refractivity (Wildman–Crippen MR) is 71.6 cm³/mol. The number of nitrogen functional groups attached to an aromatic ring is 1. The van der Waals surface area contributed by atoms with Gasteiger partial charge in [-0.15, -0.1) is 0 Å². The standard InChI is InChI=1S/C14H17N3O2/c1-19-10-5-6-11(12(16)7-10)14(18)17-13-4-2-3-9(13)8-15/h5-7,9,13H,2-4,16H2,1H3,(H,17,18). The first-order valence-corrected chi connectivity index (χ1v) is 6.29. The SMILES string of the molecule is COc1ccc(C(=O)NC2CCCC2C#N)c(N)c1. The summed E-state index contributed by atoms with van der Waals surface area (Å²) in [6.07, 6.45) is 2.67. The van der Waals surface area contributed by atoms with E-state index in [0.29, 0.717) is 17.0 Å². The van der Waals surface area contributed by atoms with Gasteiger partial charge in [0.15, 0.2) is 0 Å². The largest absolute Gasteiger partial charge is 0.497 e. The molecule has 1 amide bonds. The molecule has 2 unspecified atom stereocenters. The van der Waals surface area contributed by atoms with Crippen molar-refractivity contribution in [1.29, 1.82) is 5.26 Å². The molecular weight excluding hydrogens is 242 g/mol. The highest BCUT2D eigenvalue weighted by atomic mass is 16.5. The van der Waals surface area contributed by atoms with Gasteiger partial charge in [0.2, 0.25) is 0 Å². The first kappa shape index (κ1) is 13.2. The monoisotopic (exact) mass is 259 g/mol. The molecule has 1 aromatic carbocycles. The Morgan fingerprint density at radius 3 is 2.95 bits per heavy atom. The summed E-state index contributed by atoms with van der Waals surface area (Å²) in [6.45, 7) is 0. The molecule has 1 fully saturated rings. The van der Waals surface area contributed by atoms with Gasteiger partial charge < -0.3 is 15.8 Å². The summed E-state index contributed by atoms with van der Waals surface area (Å²) in [5, 5.41) is 11.9. The van der Waals surface area contributed by atoms with E-state index in [1.54, 1.807) is 25.3 Å². The maximum absolute atomic E-state index is 12.1. The van der Waals surface area contributed by atoms with Crippen molar-refractivity contribution < 1.29 is 9.53 Å². The molecule has 1 saturated carbocycles. The minimum Gasteiger partial charge on any atom is -0.497 e. The van der Waals surface area contributed by atoms with Crippen LogP contribution >= 0.6 is 0 Å². The van der Waals surface area contributed by atoms with Gasteiger partial charge in [-0.2, -0.15) is 5.26 Å².